The second kappa shape index (κ2) is 4.11. The quantitative estimate of drug-likeness (QED) is 0.447. The van der Waals surface area contributed by atoms with Gasteiger partial charge in [0.1, 0.15) is 4.88 Å². The zero-order valence-corrected chi connectivity index (χ0v) is 9.86. The predicted molar refractivity (Wildman–Crippen MR) is 60.4 cm³/mol. The minimum Gasteiger partial charge on any atom is -0.337 e. The zero-order chi connectivity index (χ0) is 11.7. The molecule has 0 saturated carbocycles. The lowest BCUT2D eigenvalue weighted by Gasteiger charge is -2.36. The number of rotatable bonds is 2. The number of nitrogens with zero attached hydrogens (tertiary/aromatic N) is 5. The number of aryl methyl sites for hydroxylation is 2. The lowest BCUT2D eigenvalue weighted by Crippen LogP contribution is -2.52. The van der Waals surface area contributed by atoms with Crippen LogP contribution in [-0.2, 0) is 0 Å². The van der Waals surface area contributed by atoms with Crippen LogP contribution in [0.2, 0.25) is 0 Å². The van der Waals surface area contributed by atoms with Gasteiger partial charge in [0.15, 0.2) is 0 Å². The molecule has 1 aromatic heterocycles. The Hall–Kier alpha value is -1.59. The van der Waals surface area contributed by atoms with E-state index in [1.54, 1.807) is 4.90 Å². The number of aromatic nitrogens is 1. The van der Waals surface area contributed by atoms with E-state index in [2.05, 4.69) is 15.0 Å². The van der Waals surface area contributed by atoms with Gasteiger partial charge in [-0.1, -0.05) is 5.11 Å². The fraction of sp³-hybridized carbons (Fsp3) is 0.556. The molecule has 2 rings (SSSR count). The third-order valence-electron chi connectivity index (χ3n) is 2.46. The maximum absolute atomic E-state index is 12.0. The van der Waals surface area contributed by atoms with Crippen LogP contribution in [0.4, 0.5) is 0 Å². The number of carbonyl (C=O) groups is 1. The number of azide groups is 1. The maximum atomic E-state index is 12.0. The Kier molecular flexibility index (Phi) is 2.80. The largest absolute Gasteiger partial charge is 0.337 e. The van der Waals surface area contributed by atoms with Crippen molar-refractivity contribution in [2.24, 2.45) is 5.11 Å². The Balaban J connectivity index is 2.05. The van der Waals surface area contributed by atoms with Crippen LogP contribution in [-0.4, -0.2) is 34.9 Å². The highest BCUT2D eigenvalue weighted by molar-refractivity contribution is 7.13. The number of thiazole rings is 1. The first-order chi connectivity index (χ1) is 7.61. The Morgan fingerprint density at radius 1 is 1.62 bits per heavy atom. The van der Waals surface area contributed by atoms with Gasteiger partial charge < -0.3 is 4.90 Å². The van der Waals surface area contributed by atoms with Crippen LogP contribution in [0.25, 0.3) is 10.4 Å². The molecular formula is C9H11N5OS. The van der Waals surface area contributed by atoms with Crippen LogP contribution < -0.4 is 0 Å². The molecule has 0 radical (unpaired) electrons. The third kappa shape index (κ3) is 1.87. The Labute approximate surface area is 96.5 Å². The van der Waals surface area contributed by atoms with Crippen LogP contribution >= 0.6 is 11.3 Å². The summed E-state index contributed by atoms with van der Waals surface area (Å²) in [6.45, 7) is 4.74. The third-order valence-corrected chi connectivity index (χ3v) is 3.52. The summed E-state index contributed by atoms with van der Waals surface area (Å²) in [7, 11) is 0. The first kappa shape index (κ1) is 10.9. The van der Waals surface area contributed by atoms with Crippen molar-refractivity contribution in [3.05, 3.63) is 26.0 Å². The standard InChI is InChI=1S/C9H11N5OS/c1-5-8(16-6(2)11-5)9(15)14-3-7(4-14)12-13-10/h7H,3-4H2,1-2H3. The van der Waals surface area contributed by atoms with E-state index >= 15 is 0 Å². The van der Waals surface area contributed by atoms with Crippen molar-refractivity contribution < 1.29 is 4.79 Å². The van der Waals surface area contributed by atoms with Gasteiger partial charge in [-0.05, 0) is 19.4 Å². The van der Waals surface area contributed by atoms with E-state index in [1.807, 2.05) is 13.8 Å². The van der Waals surface area contributed by atoms with Crippen molar-refractivity contribution in [3.63, 3.8) is 0 Å². The minimum absolute atomic E-state index is 0.00695. The summed E-state index contributed by atoms with van der Waals surface area (Å²) in [6.07, 6.45) is 0. The van der Waals surface area contributed by atoms with Crippen LogP contribution in [0.3, 0.4) is 0 Å². The number of carbonyl (C=O) groups excluding carboxylic acids is 1. The van der Waals surface area contributed by atoms with Crippen LogP contribution in [0.15, 0.2) is 5.11 Å². The molecule has 7 heteroatoms. The average molecular weight is 237 g/mol. The summed E-state index contributed by atoms with van der Waals surface area (Å²) >= 11 is 1.41. The molecule has 1 fully saturated rings. The molecule has 1 amide bonds. The predicted octanol–water partition coefficient (Wildman–Crippen LogP) is 1.89. The number of amides is 1. The fourth-order valence-corrected chi connectivity index (χ4v) is 2.53. The van der Waals surface area contributed by atoms with Crippen LogP contribution in [0.5, 0.6) is 0 Å². The molecule has 0 spiro atoms. The number of hydrogen-bond donors (Lipinski definition) is 0. The van der Waals surface area contributed by atoms with Crippen molar-refractivity contribution in [3.8, 4) is 0 Å². The van der Waals surface area contributed by atoms with Gasteiger partial charge in [-0.2, -0.15) is 0 Å². The molecule has 1 saturated heterocycles. The molecular weight excluding hydrogens is 226 g/mol. The molecule has 0 N–H and O–H groups in total. The maximum Gasteiger partial charge on any atom is 0.265 e. The van der Waals surface area contributed by atoms with Gasteiger partial charge >= 0.3 is 0 Å². The van der Waals surface area contributed by atoms with Gasteiger partial charge in [0.05, 0.1) is 16.7 Å². The van der Waals surface area contributed by atoms with Gasteiger partial charge in [0.2, 0.25) is 0 Å². The lowest BCUT2D eigenvalue weighted by atomic mass is 10.1. The van der Waals surface area contributed by atoms with Gasteiger partial charge in [-0.25, -0.2) is 4.98 Å². The van der Waals surface area contributed by atoms with Gasteiger partial charge in [0, 0.05) is 18.0 Å². The van der Waals surface area contributed by atoms with E-state index in [0.29, 0.717) is 18.0 Å². The highest BCUT2D eigenvalue weighted by Crippen LogP contribution is 2.22. The van der Waals surface area contributed by atoms with E-state index in [9.17, 15) is 4.79 Å². The molecule has 0 aromatic carbocycles. The second-order valence-corrected chi connectivity index (χ2v) is 4.92. The summed E-state index contributed by atoms with van der Waals surface area (Å²) in [5, 5.41) is 4.45. The molecule has 1 aliphatic rings. The lowest BCUT2D eigenvalue weighted by molar-refractivity contribution is 0.0613. The normalized spacial score (nSPS) is 15.5. The summed E-state index contributed by atoms with van der Waals surface area (Å²) in [5.74, 6) is -0.00695. The highest BCUT2D eigenvalue weighted by Gasteiger charge is 2.32. The van der Waals surface area contributed by atoms with E-state index in [1.165, 1.54) is 11.3 Å². The van der Waals surface area contributed by atoms with Crippen molar-refractivity contribution in [1.82, 2.24) is 9.88 Å². The SMILES string of the molecule is Cc1nc(C)c(C(=O)N2CC(N=[N+]=[N-])C2)s1. The number of likely N-dealkylation sites (tertiary alicyclic amines) is 1. The first-order valence-electron chi connectivity index (χ1n) is 4.89. The monoisotopic (exact) mass is 237 g/mol. The summed E-state index contributed by atoms with van der Waals surface area (Å²) in [4.78, 5) is 21.3. The van der Waals surface area contributed by atoms with Gasteiger partial charge in [0.25, 0.3) is 5.91 Å². The molecule has 6 nitrogen and oxygen atoms in total. The molecule has 0 aliphatic carbocycles. The second-order valence-electron chi connectivity index (χ2n) is 3.72. The zero-order valence-electron chi connectivity index (χ0n) is 9.04. The van der Waals surface area contributed by atoms with Gasteiger partial charge in [-0.3, -0.25) is 4.79 Å². The smallest absolute Gasteiger partial charge is 0.265 e. The van der Waals surface area contributed by atoms with Gasteiger partial charge in [-0.15, -0.1) is 11.3 Å². The van der Waals surface area contributed by atoms with Crippen LogP contribution in [0.1, 0.15) is 20.4 Å². The summed E-state index contributed by atoms with van der Waals surface area (Å²) in [5.41, 5.74) is 9.02. The van der Waals surface area contributed by atoms with E-state index < -0.39 is 0 Å². The molecule has 1 aromatic rings. The molecule has 0 atom stereocenters. The fourth-order valence-electron chi connectivity index (χ4n) is 1.64. The molecule has 16 heavy (non-hydrogen) atoms. The van der Waals surface area contributed by atoms with E-state index in [4.69, 9.17) is 5.53 Å². The minimum atomic E-state index is -0.0664. The molecule has 1 aliphatic heterocycles. The topological polar surface area (TPSA) is 82.0 Å². The Morgan fingerprint density at radius 2 is 2.31 bits per heavy atom. The first-order valence-corrected chi connectivity index (χ1v) is 5.71. The average Bonchev–Trinajstić information content (AvgIpc) is 2.50. The Bertz CT molecular complexity index is 470. The number of hydrogen-bond acceptors (Lipinski definition) is 4. The Morgan fingerprint density at radius 3 is 2.81 bits per heavy atom. The highest BCUT2D eigenvalue weighted by atomic mass is 32.1. The summed E-state index contributed by atoms with van der Waals surface area (Å²) in [6, 6.07) is -0.0664. The molecule has 84 valence electrons. The summed E-state index contributed by atoms with van der Waals surface area (Å²) < 4.78 is 0. The van der Waals surface area contributed by atoms with Crippen molar-refractivity contribution in [1.29, 1.82) is 0 Å². The van der Waals surface area contributed by atoms with Crippen LogP contribution in [0, 0.1) is 13.8 Å². The van der Waals surface area contributed by atoms with Crippen molar-refractivity contribution in [2.45, 2.75) is 19.9 Å². The van der Waals surface area contributed by atoms with E-state index in [0.717, 1.165) is 10.7 Å². The van der Waals surface area contributed by atoms with Crippen molar-refractivity contribution >= 4 is 17.2 Å². The molecule has 2 heterocycles. The molecule has 0 bridgehead atoms. The van der Waals surface area contributed by atoms with E-state index in [-0.39, 0.29) is 11.9 Å². The molecule has 0 unspecified atom stereocenters. The van der Waals surface area contributed by atoms with Crippen molar-refractivity contribution in [2.75, 3.05) is 13.1 Å².